The average Bonchev–Trinajstić information content (AvgIpc) is 3.47. The first-order chi connectivity index (χ1) is 17.0. The number of hydrogen-bond acceptors (Lipinski definition) is 11. The fourth-order valence-electron chi connectivity index (χ4n) is 3.40. The average molecular weight is 568 g/mol. The number of rotatable bonds is 6. The minimum atomic E-state index is -4.84. The Bertz CT molecular complexity index is 1840. The van der Waals surface area contributed by atoms with E-state index >= 15 is 0 Å². The number of fused-ring (bicyclic) bond motifs is 1. The van der Waals surface area contributed by atoms with Crippen molar-refractivity contribution in [2.24, 2.45) is 0 Å². The fraction of sp³-hybridized carbons (Fsp3) is 0.0476. The van der Waals surface area contributed by atoms with Crippen molar-refractivity contribution in [2.45, 2.75) is 9.79 Å². The zero-order valence-corrected chi connectivity index (χ0v) is 23.6. The molecule has 0 fully saturated rings. The summed E-state index contributed by atoms with van der Waals surface area (Å²) in [4.78, 5) is 6.14. The molecule has 0 amide bonds. The summed E-state index contributed by atoms with van der Waals surface area (Å²) in [5.41, 5.74) is 0.900. The van der Waals surface area contributed by atoms with Gasteiger partial charge in [-0.1, -0.05) is 28.5 Å². The summed E-state index contributed by atoms with van der Waals surface area (Å²) >= 11 is 1.24. The number of methoxy groups -OCH3 is 1. The minimum Gasteiger partial charge on any atom is -0.744 e. The van der Waals surface area contributed by atoms with E-state index in [-0.39, 0.29) is 40.9 Å². The summed E-state index contributed by atoms with van der Waals surface area (Å²) in [7, 11) is -7.98. The first-order valence-electron chi connectivity index (χ1n) is 10.0. The van der Waals surface area contributed by atoms with Crippen molar-refractivity contribution in [3.8, 4) is 28.0 Å². The van der Waals surface area contributed by atoms with Gasteiger partial charge in [0.25, 0.3) is 5.82 Å². The Kier molecular flexibility index (Phi) is 7.51. The van der Waals surface area contributed by atoms with E-state index in [0.29, 0.717) is 22.1 Å². The van der Waals surface area contributed by atoms with Gasteiger partial charge in [0.1, 0.15) is 31.7 Å². The van der Waals surface area contributed by atoms with Crippen molar-refractivity contribution in [3.63, 3.8) is 0 Å². The van der Waals surface area contributed by atoms with Gasteiger partial charge in [-0.3, -0.25) is 0 Å². The summed E-state index contributed by atoms with van der Waals surface area (Å²) < 4.78 is 75.5. The zero-order chi connectivity index (χ0) is 25.7. The Morgan fingerprint density at radius 2 is 1.65 bits per heavy atom. The molecule has 184 valence electrons. The summed E-state index contributed by atoms with van der Waals surface area (Å²) in [5, 5.41) is 9.12. The van der Waals surface area contributed by atoms with E-state index < -0.39 is 30.0 Å². The maximum absolute atomic E-state index is 11.8. The molecule has 5 rings (SSSR count). The number of ether oxygens (including phenoxy) is 1. The van der Waals surface area contributed by atoms with Crippen LogP contribution < -0.4 is 39.1 Å². The molecule has 37 heavy (non-hydrogen) atoms. The standard InChI is InChI=1S/C21H15N5O7S3.Na/c1-33-14-8-11-17-18(12-14)34-21(22-17)26-24-20(16-4-2-3-5-19(16)36(30,31)32)23-25(26)13-6-9-15(10-7-13)35(27,28)29;/h2-12H,1H3,(H-,27,28,29,30,31,32);/q;+1/p-1. The van der Waals surface area contributed by atoms with Crippen molar-refractivity contribution in [2.75, 3.05) is 7.11 Å². The van der Waals surface area contributed by atoms with E-state index in [0.717, 1.165) is 22.9 Å². The molecule has 5 aromatic rings. The quantitative estimate of drug-likeness (QED) is 0.136. The molecule has 0 radical (unpaired) electrons. The Hall–Kier alpha value is -2.76. The normalized spacial score (nSPS) is 11.9. The van der Waals surface area contributed by atoms with Gasteiger partial charge in [0.2, 0.25) is 0 Å². The van der Waals surface area contributed by atoms with Crippen molar-refractivity contribution in [1.82, 2.24) is 20.0 Å². The third-order valence-corrected chi connectivity index (χ3v) is 7.80. The number of aromatic nitrogens is 5. The van der Waals surface area contributed by atoms with Gasteiger partial charge in [-0.15, -0.1) is 0 Å². The summed E-state index contributed by atoms with van der Waals surface area (Å²) in [6.07, 6.45) is 0. The van der Waals surface area contributed by atoms with E-state index in [1.54, 1.807) is 18.2 Å². The zero-order valence-electron chi connectivity index (χ0n) is 19.2. The molecule has 0 bridgehead atoms. The molecule has 0 spiro atoms. The van der Waals surface area contributed by atoms with E-state index in [1.807, 2.05) is 0 Å². The van der Waals surface area contributed by atoms with Gasteiger partial charge < -0.3 is 13.8 Å². The van der Waals surface area contributed by atoms with Crippen LogP contribution >= 0.6 is 11.3 Å². The van der Waals surface area contributed by atoms with Crippen LogP contribution in [0, 0.1) is 0 Å². The van der Waals surface area contributed by atoms with E-state index in [9.17, 15) is 25.9 Å². The molecule has 2 heterocycles. The summed E-state index contributed by atoms with van der Waals surface area (Å²) in [6.45, 7) is 0. The molecular weight excluding hydrogens is 553 g/mol. The van der Waals surface area contributed by atoms with Crippen molar-refractivity contribution < 1.29 is 65.0 Å². The molecule has 0 unspecified atom stereocenters. The van der Waals surface area contributed by atoms with Gasteiger partial charge in [0.05, 0.1) is 27.2 Å². The number of hydrogen-bond donors (Lipinski definition) is 0. The molecule has 0 saturated carbocycles. The number of thiazole rings is 1. The van der Waals surface area contributed by atoms with Crippen molar-refractivity contribution >= 4 is 41.8 Å². The Morgan fingerprint density at radius 3 is 2.30 bits per heavy atom. The van der Waals surface area contributed by atoms with Gasteiger partial charge in [0.15, 0.2) is 5.52 Å². The molecule has 0 atom stereocenters. The second-order valence-electron chi connectivity index (χ2n) is 7.33. The topological polar surface area (TPSA) is 171 Å². The number of tetrazole rings is 1. The van der Waals surface area contributed by atoms with E-state index in [4.69, 9.17) is 4.74 Å². The molecule has 0 N–H and O–H groups in total. The maximum atomic E-state index is 11.8. The van der Waals surface area contributed by atoms with Gasteiger partial charge >= 0.3 is 34.7 Å². The molecule has 0 aliphatic rings. The Labute approximate surface area is 236 Å². The third-order valence-electron chi connectivity index (χ3n) is 5.07. The third kappa shape index (κ3) is 5.44. The van der Waals surface area contributed by atoms with Crippen LogP contribution in [0.15, 0.2) is 76.5 Å². The first kappa shape index (κ1) is 27.3. The van der Waals surface area contributed by atoms with E-state index in [1.165, 1.54) is 58.4 Å². The van der Waals surface area contributed by atoms with Crippen LogP contribution in [0.3, 0.4) is 0 Å². The smallest absolute Gasteiger partial charge is 0.744 e. The molecule has 12 nitrogen and oxygen atoms in total. The van der Waals surface area contributed by atoms with E-state index in [2.05, 4.69) is 15.2 Å². The molecule has 0 aliphatic heterocycles. The van der Waals surface area contributed by atoms with Gasteiger partial charge in [-0.25, -0.2) is 16.8 Å². The SMILES string of the molecule is COc1ccc2nc(-[n+]3nc(-c4ccccc4S(=O)(=O)[O-])nn3-c3ccc(S(=O)(=O)[O-])cc3)sc2c1.[Na+]. The van der Waals surface area contributed by atoms with Crippen LogP contribution in [-0.4, -0.2) is 53.0 Å². The molecule has 0 saturated heterocycles. The second-order valence-corrected chi connectivity index (χ2v) is 11.1. The number of nitrogens with zero attached hydrogens (tertiary/aromatic N) is 5. The van der Waals surface area contributed by atoms with Gasteiger partial charge in [0, 0.05) is 11.2 Å². The Morgan fingerprint density at radius 1 is 0.946 bits per heavy atom. The first-order valence-corrected chi connectivity index (χ1v) is 13.6. The van der Waals surface area contributed by atoms with Crippen LogP contribution in [0.25, 0.3) is 32.4 Å². The van der Waals surface area contributed by atoms with Crippen molar-refractivity contribution in [3.05, 3.63) is 66.7 Å². The van der Waals surface area contributed by atoms with Crippen molar-refractivity contribution in [1.29, 1.82) is 0 Å². The van der Waals surface area contributed by atoms with Crippen LogP contribution in [0.4, 0.5) is 0 Å². The van der Waals surface area contributed by atoms with Crippen LogP contribution in [-0.2, 0) is 20.2 Å². The fourth-order valence-corrected chi connectivity index (χ4v) is 5.48. The molecule has 0 aliphatic carbocycles. The molecular formula is C21H14N5NaO7S3. The van der Waals surface area contributed by atoms with Crippen LogP contribution in [0.2, 0.25) is 0 Å². The van der Waals surface area contributed by atoms with Gasteiger partial charge in [-0.05, 0) is 63.2 Å². The monoisotopic (exact) mass is 567 g/mol. The van der Waals surface area contributed by atoms with Crippen LogP contribution in [0.5, 0.6) is 5.75 Å². The maximum Gasteiger partial charge on any atom is 1.00 e. The number of benzene rings is 3. The Balaban J connectivity index is 0.00000320. The molecule has 16 heteroatoms. The van der Waals surface area contributed by atoms with Crippen LogP contribution in [0.1, 0.15) is 0 Å². The largest absolute Gasteiger partial charge is 1.00 e. The predicted molar refractivity (Wildman–Crippen MR) is 124 cm³/mol. The minimum absolute atomic E-state index is 0. The summed E-state index contributed by atoms with van der Waals surface area (Å²) in [5.74, 6) is 0.524. The predicted octanol–water partition coefficient (Wildman–Crippen LogP) is -1.36. The van der Waals surface area contributed by atoms with Gasteiger partial charge in [-0.2, -0.15) is 0 Å². The molecule has 2 aromatic heterocycles. The second kappa shape index (κ2) is 10.2. The summed E-state index contributed by atoms with van der Waals surface area (Å²) in [6, 6.07) is 15.7. The molecule has 3 aromatic carbocycles.